The minimum absolute atomic E-state index is 0.0740. The van der Waals surface area contributed by atoms with Gasteiger partial charge in [-0.15, -0.1) is 0 Å². The Hall–Kier alpha value is -2.71. The van der Waals surface area contributed by atoms with Crippen molar-refractivity contribution in [3.05, 3.63) is 52.6 Å². The third-order valence-electron chi connectivity index (χ3n) is 5.38. The van der Waals surface area contributed by atoms with E-state index in [4.69, 9.17) is 17.3 Å². The molecule has 2 aromatic rings. The lowest BCUT2D eigenvalue weighted by molar-refractivity contribution is -0.123. The summed E-state index contributed by atoms with van der Waals surface area (Å²) in [7, 11) is 0. The molecule has 7 nitrogen and oxygen atoms in total. The van der Waals surface area contributed by atoms with E-state index in [0.29, 0.717) is 35.2 Å². The smallest absolute Gasteiger partial charge is 0.244 e. The van der Waals surface area contributed by atoms with Gasteiger partial charge in [0.25, 0.3) is 0 Å². The molecule has 2 amide bonds. The van der Waals surface area contributed by atoms with Gasteiger partial charge < -0.3 is 16.0 Å². The first-order valence-corrected chi connectivity index (χ1v) is 10.7. The number of benzene rings is 1. The largest absolute Gasteiger partial charge is 0.369 e. The zero-order chi connectivity index (χ0) is 22.4. The van der Waals surface area contributed by atoms with Crippen molar-refractivity contribution in [2.75, 3.05) is 26.2 Å². The predicted octanol–water partition coefficient (Wildman–Crippen LogP) is 2.69. The molecule has 1 atom stereocenters. The van der Waals surface area contributed by atoms with Crippen molar-refractivity contribution in [2.45, 2.75) is 26.2 Å². The van der Waals surface area contributed by atoms with Crippen molar-refractivity contribution < 1.29 is 14.0 Å². The van der Waals surface area contributed by atoms with Gasteiger partial charge in [-0.25, -0.2) is 9.07 Å². The molecule has 1 aliphatic rings. The standard InChI is InChI=1S/C22H27ClFN5O2/c1-15-19(21(23)29(27-15)18-7-5-17(24)6-8-18)9-10-20(30)26-11-3-13-28-12-2-4-16(14-28)22(25)31/h5-10,16H,2-4,11-14H2,1H3,(H2,25,31)(H,26,30)/b10-9+. The fourth-order valence-corrected chi connectivity index (χ4v) is 4.01. The summed E-state index contributed by atoms with van der Waals surface area (Å²) in [6, 6.07) is 5.84. The van der Waals surface area contributed by atoms with Crippen LogP contribution in [0.5, 0.6) is 0 Å². The number of aryl methyl sites for hydroxylation is 1. The monoisotopic (exact) mass is 447 g/mol. The summed E-state index contributed by atoms with van der Waals surface area (Å²) in [6.45, 7) is 4.78. The normalized spacial score (nSPS) is 17.2. The van der Waals surface area contributed by atoms with Gasteiger partial charge in [-0.3, -0.25) is 9.59 Å². The number of primary amides is 1. The number of carbonyl (C=O) groups is 2. The van der Waals surface area contributed by atoms with Gasteiger partial charge in [0.05, 0.1) is 17.3 Å². The molecule has 3 N–H and O–H groups in total. The van der Waals surface area contributed by atoms with Gasteiger partial charge in [0.1, 0.15) is 11.0 Å². The second kappa shape index (κ2) is 10.5. The highest BCUT2D eigenvalue weighted by Crippen LogP contribution is 2.24. The van der Waals surface area contributed by atoms with Crippen molar-refractivity contribution in [1.82, 2.24) is 20.0 Å². The van der Waals surface area contributed by atoms with E-state index in [1.165, 1.54) is 22.9 Å². The molecule has 0 saturated carbocycles. The topological polar surface area (TPSA) is 93.2 Å². The van der Waals surface area contributed by atoms with E-state index in [-0.39, 0.29) is 23.5 Å². The Morgan fingerprint density at radius 3 is 2.81 bits per heavy atom. The number of hydrogen-bond donors (Lipinski definition) is 2. The number of hydrogen-bond acceptors (Lipinski definition) is 4. The molecule has 3 rings (SSSR count). The maximum Gasteiger partial charge on any atom is 0.244 e. The highest BCUT2D eigenvalue weighted by molar-refractivity contribution is 6.31. The van der Waals surface area contributed by atoms with Crippen molar-refractivity contribution in [3.8, 4) is 5.69 Å². The van der Waals surface area contributed by atoms with E-state index in [1.54, 1.807) is 25.1 Å². The van der Waals surface area contributed by atoms with E-state index in [9.17, 15) is 14.0 Å². The molecule has 1 aromatic heterocycles. The van der Waals surface area contributed by atoms with Crippen LogP contribution in [-0.2, 0) is 9.59 Å². The van der Waals surface area contributed by atoms with E-state index in [1.807, 2.05) is 0 Å². The number of halogens is 2. The van der Waals surface area contributed by atoms with Gasteiger partial charge in [0.2, 0.25) is 11.8 Å². The fraction of sp³-hybridized carbons (Fsp3) is 0.409. The molecule has 2 heterocycles. The molecule has 1 unspecified atom stereocenters. The number of nitrogens with zero attached hydrogens (tertiary/aromatic N) is 3. The summed E-state index contributed by atoms with van der Waals surface area (Å²) in [5.74, 6) is -0.873. The average Bonchev–Trinajstić information content (AvgIpc) is 3.04. The lowest BCUT2D eigenvalue weighted by Gasteiger charge is -2.31. The molecule has 1 fully saturated rings. The zero-order valence-electron chi connectivity index (χ0n) is 17.5. The fourth-order valence-electron chi connectivity index (χ4n) is 3.68. The second-order valence-corrected chi connectivity index (χ2v) is 8.06. The molecule has 1 aromatic carbocycles. The van der Waals surface area contributed by atoms with E-state index < -0.39 is 0 Å². The number of nitrogens with one attached hydrogen (secondary N) is 1. The van der Waals surface area contributed by atoms with Crippen molar-refractivity contribution >= 4 is 29.5 Å². The van der Waals surface area contributed by atoms with Gasteiger partial charge in [0, 0.05) is 24.7 Å². The van der Waals surface area contributed by atoms with Crippen LogP contribution in [-0.4, -0.2) is 52.7 Å². The first-order chi connectivity index (χ1) is 14.8. The first kappa shape index (κ1) is 23.0. The Morgan fingerprint density at radius 2 is 2.10 bits per heavy atom. The molecule has 1 aliphatic heterocycles. The van der Waals surface area contributed by atoms with Crippen LogP contribution in [0, 0.1) is 18.7 Å². The number of aromatic nitrogens is 2. The van der Waals surface area contributed by atoms with Crippen LogP contribution >= 0.6 is 11.6 Å². The van der Waals surface area contributed by atoms with Crippen molar-refractivity contribution in [3.63, 3.8) is 0 Å². The van der Waals surface area contributed by atoms with Gasteiger partial charge in [-0.2, -0.15) is 5.10 Å². The zero-order valence-corrected chi connectivity index (χ0v) is 18.2. The van der Waals surface area contributed by atoms with Gasteiger partial charge in [-0.1, -0.05) is 11.6 Å². The summed E-state index contributed by atoms with van der Waals surface area (Å²) < 4.78 is 14.6. The molecular weight excluding hydrogens is 421 g/mol. The Bertz CT molecular complexity index is 958. The number of piperidine rings is 1. The molecule has 0 aliphatic carbocycles. The van der Waals surface area contributed by atoms with Crippen LogP contribution in [0.25, 0.3) is 11.8 Å². The molecule has 31 heavy (non-hydrogen) atoms. The summed E-state index contributed by atoms with van der Waals surface area (Å²) in [5, 5.41) is 7.58. The summed E-state index contributed by atoms with van der Waals surface area (Å²) >= 11 is 6.42. The highest BCUT2D eigenvalue weighted by Gasteiger charge is 2.23. The quantitative estimate of drug-likeness (QED) is 0.480. The van der Waals surface area contributed by atoms with Crippen LogP contribution in [0.1, 0.15) is 30.5 Å². The Balaban J connectivity index is 1.49. The van der Waals surface area contributed by atoms with Crippen molar-refractivity contribution in [2.24, 2.45) is 11.7 Å². The maximum absolute atomic E-state index is 13.1. The molecule has 1 saturated heterocycles. The number of rotatable bonds is 8. The van der Waals surface area contributed by atoms with Crippen LogP contribution in [0.4, 0.5) is 4.39 Å². The minimum atomic E-state index is -0.339. The lowest BCUT2D eigenvalue weighted by atomic mass is 9.97. The molecule has 166 valence electrons. The van der Waals surface area contributed by atoms with Crippen molar-refractivity contribution in [1.29, 1.82) is 0 Å². The Labute approximate surface area is 186 Å². The summed E-state index contributed by atoms with van der Waals surface area (Å²) in [5.41, 5.74) is 7.33. The number of nitrogens with two attached hydrogens (primary N) is 1. The lowest BCUT2D eigenvalue weighted by Crippen LogP contribution is -2.42. The third-order valence-corrected chi connectivity index (χ3v) is 5.74. The average molecular weight is 448 g/mol. The number of carbonyl (C=O) groups excluding carboxylic acids is 2. The van der Waals surface area contributed by atoms with Crippen LogP contribution in [0.15, 0.2) is 30.3 Å². The minimum Gasteiger partial charge on any atom is -0.369 e. The van der Waals surface area contributed by atoms with Gasteiger partial charge in [0.15, 0.2) is 0 Å². The third kappa shape index (κ3) is 6.15. The van der Waals surface area contributed by atoms with E-state index in [0.717, 1.165) is 32.4 Å². The highest BCUT2D eigenvalue weighted by atomic mass is 35.5. The van der Waals surface area contributed by atoms with Crippen LogP contribution in [0.3, 0.4) is 0 Å². The summed E-state index contributed by atoms with van der Waals surface area (Å²) in [4.78, 5) is 25.7. The molecular formula is C22H27ClFN5O2. The molecule has 9 heteroatoms. The first-order valence-electron chi connectivity index (χ1n) is 10.3. The van der Waals surface area contributed by atoms with E-state index in [2.05, 4.69) is 15.3 Å². The van der Waals surface area contributed by atoms with Gasteiger partial charge in [-0.05, 0) is 69.6 Å². The SMILES string of the molecule is Cc1nn(-c2ccc(F)cc2)c(Cl)c1/C=C/C(=O)NCCCN1CCCC(C(N)=O)C1. The maximum atomic E-state index is 13.1. The summed E-state index contributed by atoms with van der Waals surface area (Å²) in [6.07, 6.45) is 5.66. The molecule has 0 radical (unpaired) electrons. The molecule has 0 spiro atoms. The molecule has 0 bridgehead atoms. The second-order valence-electron chi connectivity index (χ2n) is 7.70. The van der Waals surface area contributed by atoms with Crippen LogP contribution in [0.2, 0.25) is 5.15 Å². The van der Waals surface area contributed by atoms with E-state index >= 15 is 0 Å². The van der Waals surface area contributed by atoms with Gasteiger partial charge >= 0.3 is 0 Å². The predicted molar refractivity (Wildman–Crippen MR) is 118 cm³/mol. The van der Waals surface area contributed by atoms with Crippen LogP contribution < -0.4 is 11.1 Å². The number of amides is 2. The Morgan fingerprint density at radius 1 is 1.35 bits per heavy atom. The number of likely N-dealkylation sites (tertiary alicyclic amines) is 1. The Kier molecular flexibility index (Phi) is 7.81.